The fourth-order valence-corrected chi connectivity index (χ4v) is 4.19. The van der Waals surface area contributed by atoms with Gasteiger partial charge in [-0.15, -0.1) is 0 Å². The highest BCUT2D eigenvalue weighted by Crippen LogP contribution is 2.55. The Morgan fingerprint density at radius 3 is 2.22 bits per heavy atom. The van der Waals surface area contributed by atoms with Crippen LogP contribution in [0, 0.1) is 17.8 Å². The van der Waals surface area contributed by atoms with E-state index in [1.54, 1.807) is 21.3 Å². The lowest BCUT2D eigenvalue weighted by Crippen LogP contribution is -2.21. The molecular weight excluding hydrogens is 296 g/mol. The van der Waals surface area contributed by atoms with E-state index in [0.29, 0.717) is 29.1 Å². The van der Waals surface area contributed by atoms with Crippen molar-refractivity contribution in [1.82, 2.24) is 0 Å². The van der Waals surface area contributed by atoms with Crippen molar-refractivity contribution in [3.05, 3.63) is 29.8 Å². The van der Waals surface area contributed by atoms with Crippen molar-refractivity contribution in [3.63, 3.8) is 0 Å². The summed E-state index contributed by atoms with van der Waals surface area (Å²) in [5.41, 5.74) is 1.06. The van der Waals surface area contributed by atoms with E-state index in [0.717, 1.165) is 12.0 Å². The first-order valence-electron chi connectivity index (χ1n) is 7.79. The van der Waals surface area contributed by atoms with Crippen molar-refractivity contribution in [2.24, 2.45) is 17.8 Å². The summed E-state index contributed by atoms with van der Waals surface area (Å²) in [7, 11) is 4.76. The van der Waals surface area contributed by atoms with Gasteiger partial charge in [0.2, 0.25) is 5.75 Å². The molecule has 4 unspecified atom stereocenters. The Morgan fingerprint density at radius 1 is 1.09 bits per heavy atom. The standard InChI is InChI=1S/C18H22O5/c1-21-14-7-12(8-15(22-2)18(14)23-3)17-11-5-4-10(6-11)13(17)9-16(19)20/h4-5,7-8,10-11,13,17H,6,9H2,1-3H3,(H,19,20). The van der Waals surface area contributed by atoms with Crippen LogP contribution in [0.25, 0.3) is 0 Å². The first-order chi connectivity index (χ1) is 11.1. The molecule has 0 radical (unpaired) electrons. The number of rotatable bonds is 6. The number of carbonyl (C=O) groups is 1. The van der Waals surface area contributed by atoms with Gasteiger partial charge in [-0.2, -0.15) is 0 Å². The first-order valence-corrected chi connectivity index (χ1v) is 7.79. The third kappa shape index (κ3) is 2.64. The maximum Gasteiger partial charge on any atom is 0.303 e. The molecule has 1 saturated carbocycles. The third-order valence-electron chi connectivity index (χ3n) is 5.10. The highest BCUT2D eigenvalue weighted by molar-refractivity contribution is 5.67. The summed E-state index contributed by atoms with van der Waals surface area (Å²) in [5.74, 6) is 2.07. The number of ether oxygens (including phenoxy) is 3. The molecule has 0 amide bonds. The van der Waals surface area contributed by atoms with E-state index in [9.17, 15) is 9.90 Å². The molecule has 0 aromatic heterocycles. The van der Waals surface area contributed by atoms with Gasteiger partial charge in [-0.05, 0) is 47.8 Å². The average Bonchev–Trinajstić information content (AvgIpc) is 3.14. The van der Waals surface area contributed by atoms with Crippen LogP contribution >= 0.6 is 0 Å². The number of hydrogen-bond acceptors (Lipinski definition) is 4. The summed E-state index contributed by atoms with van der Waals surface area (Å²) in [4.78, 5) is 11.3. The van der Waals surface area contributed by atoms with Gasteiger partial charge < -0.3 is 19.3 Å². The van der Waals surface area contributed by atoms with E-state index in [1.165, 1.54) is 0 Å². The Kier molecular flexibility index (Phi) is 4.20. The normalized spacial score (nSPS) is 28.0. The topological polar surface area (TPSA) is 65.0 Å². The monoisotopic (exact) mass is 318 g/mol. The Balaban J connectivity index is 2.03. The van der Waals surface area contributed by atoms with E-state index in [4.69, 9.17) is 14.2 Å². The van der Waals surface area contributed by atoms with Crippen LogP contribution in [0.5, 0.6) is 17.2 Å². The van der Waals surface area contributed by atoms with Gasteiger partial charge in [0.25, 0.3) is 0 Å². The Hall–Kier alpha value is -2.17. The van der Waals surface area contributed by atoms with Crippen LogP contribution in [0.1, 0.15) is 24.3 Å². The predicted octanol–water partition coefficient (Wildman–Crippen LogP) is 3.09. The summed E-state index contributed by atoms with van der Waals surface area (Å²) < 4.78 is 16.2. The lowest BCUT2D eigenvalue weighted by molar-refractivity contribution is -0.138. The highest BCUT2D eigenvalue weighted by atomic mass is 16.5. The van der Waals surface area contributed by atoms with Crippen LogP contribution in [-0.4, -0.2) is 32.4 Å². The molecule has 0 spiro atoms. The van der Waals surface area contributed by atoms with Crippen LogP contribution in [0.15, 0.2) is 24.3 Å². The zero-order valence-corrected chi connectivity index (χ0v) is 13.6. The van der Waals surface area contributed by atoms with Crippen molar-refractivity contribution in [2.45, 2.75) is 18.8 Å². The summed E-state index contributed by atoms with van der Waals surface area (Å²) in [5, 5.41) is 9.26. The lowest BCUT2D eigenvalue weighted by Gasteiger charge is -2.28. The second kappa shape index (κ2) is 6.14. The van der Waals surface area contributed by atoms with Gasteiger partial charge in [-0.1, -0.05) is 12.2 Å². The molecule has 0 aliphatic heterocycles. The van der Waals surface area contributed by atoms with Crippen molar-refractivity contribution in [1.29, 1.82) is 0 Å². The number of carboxylic acids is 1. The van der Waals surface area contributed by atoms with Gasteiger partial charge in [0.05, 0.1) is 21.3 Å². The molecule has 1 N–H and O–H groups in total. The third-order valence-corrected chi connectivity index (χ3v) is 5.10. The molecule has 4 atom stereocenters. The second-order valence-corrected chi connectivity index (χ2v) is 6.19. The molecule has 2 bridgehead atoms. The van der Waals surface area contributed by atoms with Crippen LogP contribution in [0.4, 0.5) is 0 Å². The Labute approximate surface area is 135 Å². The molecule has 2 aliphatic rings. The first kappa shape index (κ1) is 15.7. The summed E-state index contributed by atoms with van der Waals surface area (Å²) in [6, 6.07) is 3.91. The summed E-state index contributed by atoms with van der Waals surface area (Å²) in [6.45, 7) is 0. The Bertz CT molecular complexity index is 611. The minimum atomic E-state index is -0.742. The maximum atomic E-state index is 11.3. The molecule has 1 aromatic carbocycles. The van der Waals surface area contributed by atoms with E-state index in [1.807, 2.05) is 12.1 Å². The SMILES string of the molecule is COc1cc(C2C3C=CC(C3)C2CC(=O)O)cc(OC)c1OC. The number of allylic oxidation sites excluding steroid dienone is 2. The largest absolute Gasteiger partial charge is 0.493 e. The van der Waals surface area contributed by atoms with E-state index < -0.39 is 5.97 Å². The molecule has 0 heterocycles. The van der Waals surface area contributed by atoms with Gasteiger partial charge in [0, 0.05) is 6.42 Å². The Morgan fingerprint density at radius 2 is 1.70 bits per heavy atom. The number of methoxy groups -OCH3 is 3. The van der Waals surface area contributed by atoms with E-state index >= 15 is 0 Å². The van der Waals surface area contributed by atoms with Crippen LogP contribution in [-0.2, 0) is 4.79 Å². The molecule has 23 heavy (non-hydrogen) atoms. The predicted molar refractivity (Wildman–Crippen MR) is 85.3 cm³/mol. The van der Waals surface area contributed by atoms with Crippen molar-refractivity contribution in [2.75, 3.05) is 21.3 Å². The minimum Gasteiger partial charge on any atom is -0.493 e. The van der Waals surface area contributed by atoms with Gasteiger partial charge >= 0.3 is 5.97 Å². The van der Waals surface area contributed by atoms with Crippen LogP contribution in [0.3, 0.4) is 0 Å². The quantitative estimate of drug-likeness (QED) is 0.817. The molecule has 2 aliphatic carbocycles. The number of carboxylic acid groups (broad SMARTS) is 1. The molecule has 1 aromatic rings. The highest BCUT2D eigenvalue weighted by Gasteiger charge is 2.46. The zero-order valence-electron chi connectivity index (χ0n) is 13.6. The second-order valence-electron chi connectivity index (χ2n) is 6.19. The van der Waals surface area contributed by atoms with Crippen molar-refractivity contribution < 1.29 is 24.1 Å². The lowest BCUT2D eigenvalue weighted by atomic mass is 9.77. The van der Waals surface area contributed by atoms with Crippen LogP contribution < -0.4 is 14.2 Å². The van der Waals surface area contributed by atoms with E-state index in [2.05, 4.69) is 12.2 Å². The summed E-state index contributed by atoms with van der Waals surface area (Å²) in [6.07, 6.45) is 5.61. The molecular formula is C18H22O5. The average molecular weight is 318 g/mol. The fraction of sp³-hybridized carbons (Fsp3) is 0.500. The minimum absolute atomic E-state index is 0.116. The molecule has 1 fully saturated rings. The van der Waals surface area contributed by atoms with Crippen molar-refractivity contribution >= 4 is 5.97 Å². The molecule has 5 heteroatoms. The maximum absolute atomic E-state index is 11.3. The molecule has 3 rings (SSSR count). The van der Waals surface area contributed by atoms with E-state index in [-0.39, 0.29) is 18.3 Å². The van der Waals surface area contributed by atoms with Gasteiger partial charge in [-0.3, -0.25) is 4.79 Å². The summed E-state index contributed by atoms with van der Waals surface area (Å²) >= 11 is 0. The van der Waals surface area contributed by atoms with Crippen LogP contribution in [0.2, 0.25) is 0 Å². The number of fused-ring (bicyclic) bond motifs is 2. The number of benzene rings is 1. The van der Waals surface area contributed by atoms with Gasteiger partial charge in [0.1, 0.15) is 0 Å². The molecule has 124 valence electrons. The molecule has 0 saturated heterocycles. The van der Waals surface area contributed by atoms with Gasteiger partial charge in [0.15, 0.2) is 11.5 Å². The number of hydrogen-bond donors (Lipinski definition) is 1. The van der Waals surface area contributed by atoms with Gasteiger partial charge in [-0.25, -0.2) is 0 Å². The smallest absolute Gasteiger partial charge is 0.303 e. The molecule has 5 nitrogen and oxygen atoms in total. The van der Waals surface area contributed by atoms with Crippen molar-refractivity contribution in [3.8, 4) is 17.2 Å². The zero-order chi connectivity index (χ0) is 16.6. The number of aliphatic carboxylic acids is 1. The fourth-order valence-electron chi connectivity index (χ4n) is 4.19.